The predicted octanol–water partition coefficient (Wildman–Crippen LogP) is 1.54. The average molecular weight is 486 g/mol. The Balaban J connectivity index is 1.85. The minimum absolute atomic E-state index is 0.113. The Bertz CT molecular complexity index is 1050. The fourth-order valence-electron chi connectivity index (χ4n) is 7.04. The smallest absolute Gasteiger partial charge is 0.390 e. The fourth-order valence-corrected chi connectivity index (χ4v) is 7.39. The molecule has 0 radical (unpaired) electrons. The van der Waals surface area contributed by atoms with Crippen LogP contribution in [0, 0.1) is 28.6 Å². The van der Waals surface area contributed by atoms with Gasteiger partial charge in [0.25, 0.3) is 0 Å². The Hall–Kier alpha value is -1.71. The number of carbonyl (C=O) groups is 3. The minimum Gasteiger partial charge on any atom is -0.390 e. The predicted molar refractivity (Wildman–Crippen MR) is 111 cm³/mol. The topological polar surface area (TPSA) is 158 Å². The van der Waals surface area contributed by atoms with Gasteiger partial charge in [-0.3, -0.25) is 19.4 Å². The first-order valence-corrected chi connectivity index (χ1v) is 12.4. The maximum absolute atomic E-state index is 17.1. The molecule has 11 heteroatoms. The Morgan fingerprint density at radius 1 is 1.24 bits per heavy atom. The van der Waals surface area contributed by atoms with Crippen LogP contribution in [-0.4, -0.2) is 54.9 Å². The zero-order valence-corrected chi connectivity index (χ0v) is 19.4. The number of ketones is 2. The van der Waals surface area contributed by atoms with E-state index in [4.69, 9.17) is 9.79 Å². The van der Waals surface area contributed by atoms with E-state index in [1.54, 1.807) is 6.92 Å². The molecule has 0 aromatic rings. The Morgan fingerprint density at radius 2 is 1.88 bits per heavy atom. The summed E-state index contributed by atoms with van der Waals surface area (Å²) in [5.74, 6) is -5.68. The van der Waals surface area contributed by atoms with Gasteiger partial charge in [-0.1, -0.05) is 25.5 Å². The van der Waals surface area contributed by atoms with Crippen molar-refractivity contribution in [3.05, 3.63) is 23.8 Å². The van der Waals surface area contributed by atoms with E-state index in [1.165, 1.54) is 32.1 Å². The van der Waals surface area contributed by atoms with Gasteiger partial charge >= 0.3 is 13.8 Å². The highest BCUT2D eigenvalue weighted by molar-refractivity contribution is 7.46. The van der Waals surface area contributed by atoms with Crippen molar-refractivity contribution < 1.29 is 47.9 Å². The summed E-state index contributed by atoms with van der Waals surface area (Å²) in [7, 11) is -5.40. The summed E-state index contributed by atoms with van der Waals surface area (Å²) in [5.41, 5.74) is -7.73. The van der Waals surface area contributed by atoms with Crippen LogP contribution in [0.3, 0.4) is 0 Å². The first-order chi connectivity index (χ1) is 15.0. The zero-order chi connectivity index (χ0) is 24.8. The van der Waals surface area contributed by atoms with Gasteiger partial charge < -0.3 is 14.7 Å². The highest BCUT2D eigenvalue weighted by Crippen LogP contribution is 2.68. The van der Waals surface area contributed by atoms with E-state index in [2.05, 4.69) is 4.52 Å². The third kappa shape index (κ3) is 3.04. The number of hydrogen-bond acceptors (Lipinski definition) is 7. The van der Waals surface area contributed by atoms with E-state index in [-0.39, 0.29) is 18.6 Å². The summed E-state index contributed by atoms with van der Waals surface area (Å²) in [6, 6.07) is 0. The molecular weight excluding hydrogens is 458 g/mol. The van der Waals surface area contributed by atoms with Gasteiger partial charge in [0.05, 0.1) is 6.10 Å². The molecule has 0 aliphatic heterocycles. The van der Waals surface area contributed by atoms with Crippen molar-refractivity contribution in [2.24, 2.45) is 28.6 Å². The van der Waals surface area contributed by atoms with E-state index in [0.29, 0.717) is 12.0 Å². The van der Waals surface area contributed by atoms with Crippen molar-refractivity contribution in [2.45, 2.75) is 63.8 Å². The van der Waals surface area contributed by atoms with Crippen LogP contribution in [0.4, 0.5) is 4.39 Å². The number of aliphatic hydroxyl groups is 2. The van der Waals surface area contributed by atoms with Gasteiger partial charge in [0, 0.05) is 22.7 Å². The van der Waals surface area contributed by atoms with Crippen molar-refractivity contribution in [3.8, 4) is 0 Å². The molecule has 4 rings (SSSR count). The highest BCUT2D eigenvalue weighted by Gasteiger charge is 2.76. The number of carbonyl (C=O) groups excluding carboxylic acids is 3. The third-order valence-electron chi connectivity index (χ3n) is 8.77. The van der Waals surface area contributed by atoms with E-state index in [0.717, 1.165) is 0 Å². The molecule has 0 bridgehead atoms. The average Bonchev–Trinajstić information content (AvgIpc) is 2.69. The van der Waals surface area contributed by atoms with Gasteiger partial charge in [-0.15, -0.1) is 0 Å². The number of halogens is 1. The molecule has 0 spiro atoms. The Morgan fingerprint density at radius 3 is 2.48 bits per heavy atom. The summed E-state index contributed by atoms with van der Waals surface area (Å²) in [6.07, 6.45) is 2.46. The first-order valence-electron chi connectivity index (χ1n) is 10.9. The number of Topliss-reactive ketones (excluding diaryl/α,β-unsaturated/α-hetero) is 1. The van der Waals surface area contributed by atoms with Crippen LogP contribution >= 0.6 is 7.82 Å². The van der Waals surface area contributed by atoms with E-state index >= 15 is 4.39 Å². The summed E-state index contributed by atoms with van der Waals surface area (Å²) >= 11 is 0. The molecule has 33 heavy (non-hydrogen) atoms. The second-order valence-corrected chi connectivity index (χ2v) is 11.5. The van der Waals surface area contributed by atoms with E-state index < -0.39 is 72.0 Å². The number of allylic oxidation sites excluding steroid dienone is 4. The molecule has 182 valence electrons. The first kappa shape index (κ1) is 24.4. The van der Waals surface area contributed by atoms with Gasteiger partial charge in [0.2, 0.25) is 5.60 Å². The van der Waals surface area contributed by atoms with Crippen LogP contribution in [0.15, 0.2) is 23.8 Å². The van der Waals surface area contributed by atoms with Crippen molar-refractivity contribution in [1.82, 2.24) is 0 Å². The molecule has 4 aliphatic rings. The maximum Gasteiger partial charge on any atom is 0.527 e. The van der Waals surface area contributed by atoms with Crippen LogP contribution < -0.4 is 0 Å². The molecule has 4 aliphatic carbocycles. The lowest BCUT2D eigenvalue weighted by atomic mass is 9.40. The summed E-state index contributed by atoms with van der Waals surface area (Å²) in [5, 5.41) is 22.6. The largest absolute Gasteiger partial charge is 0.527 e. The third-order valence-corrected chi connectivity index (χ3v) is 9.17. The van der Waals surface area contributed by atoms with Crippen molar-refractivity contribution in [1.29, 1.82) is 0 Å². The van der Waals surface area contributed by atoms with Crippen molar-refractivity contribution in [3.63, 3.8) is 0 Å². The summed E-state index contributed by atoms with van der Waals surface area (Å²) in [6.45, 7) is 4.42. The molecule has 0 aromatic heterocycles. The molecule has 0 amide bonds. The molecule has 4 N–H and O–H groups in total. The van der Waals surface area contributed by atoms with Gasteiger partial charge in [-0.2, -0.15) is 0 Å². The number of phosphoric acid groups is 1. The molecule has 9 nitrogen and oxygen atoms in total. The summed E-state index contributed by atoms with van der Waals surface area (Å²) in [4.78, 5) is 56.0. The van der Waals surface area contributed by atoms with Crippen LogP contribution in [0.5, 0.6) is 0 Å². The van der Waals surface area contributed by atoms with Gasteiger partial charge in [-0.05, 0) is 50.7 Å². The van der Waals surface area contributed by atoms with E-state index in [9.17, 15) is 29.2 Å². The van der Waals surface area contributed by atoms with Crippen LogP contribution in [0.25, 0.3) is 0 Å². The second kappa shape index (κ2) is 7.15. The number of rotatable bonds is 2. The van der Waals surface area contributed by atoms with Gasteiger partial charge in [0.1, 0.15) is 0 Å². The van der Waals surface area contributed by atoms with Gasteiger partial charge in [-0.25, -0.2) is 13.8 Å². The van der Waals surface area contributed by atoms with E-state index in [1.807, 2.05) is 0 Å². The van der Waals surface area contributed by atoms with Crippen molar-refractivity contribution >= 4 is 25.4 Å². The number of aliphatic hydroxyl groups excluding tert-OH is 1. The second-order valence-electron chi connectivity index (χ2n) is 10.3. The lowest BCUT2D eigenvalue weighted by Crippen LogP contribution is -2.75. The molecule has 0 aromatic carbocycles. The Labute approximate surface area is 189 Å². The lowest BCUT2D eigenvalue weighted by molar-refractivity contribution is -0.249. The number of fused-ring (bicyclic) bond motifs is 5. The molecular formula is C22H28FO9P. The monoisotopic (exact) mass is 486 g/mol. The van der Waals surface area contributed by atoms with Crippen molar-refractivity contribution in [2.75, 3.05) is 0 Å². The normalized spacial score (nSPS) is 47.2. The number of alkyl halides is 1. The van der Waals surface area contributed by atoms with Crippen LogP contribution in [0.2, 0.25) is 0 Å². The van der Waals surface area contributed by atoms with Gasteiger partial charge in [0.15, 0.2) is 17.2 Å². The zero-order valence-electron chi connectivity index (χ0n) is 18.5. The minimum atomic E-state index is -5.40. The molecule has 0 unspecified atom stereocenters. The lowest BCUT2D eigenvalue weighted by Gasteiger charge is -2.66. The SMILES string of the molecule is C[C@H]1C[C@H]2[C@@H]3CCC4=CC(=O)C=C[C@]4(C)[C@@]3(F)[C@@H](O)C[C@]2(C)[C@](O)(C(=O)OP(=O)(O)O)C1=O. The standard InChI is InChI=1S/C22H28FO9P/c1-11-8-15-14-5-4-12-9-13(24)6-7-19(12,2)21(14,23)16(25)10-20(15,3)22(28,17(11)26)18(27)32-33(29,30)31/h6-7,9,11,14-16,25,28H,4-5,8,10H2,1-3H3,(H2,29,30,31)/t11-,14-,15-,16-,19-,20-,21-,22+/m0/s1. The summed E-state index contributed by atoms with van der Waals surface area (Å²) < 4.78 is 32.6. The number of phosphoric ester groups is 1. The molecule has 3 saturated carbocycles. The molecule has 0 heterocycles. The van der Waals surface area contributed by atoms with Crippen LogP contribution in [-0.2, 0) is 23.5 Å². The fraction of sp³-hybridized carbons (Fsp3) is 0.682. The quantitative estimate of drug-likeness (QED) is 0.335. The molecule has 3 fully saturated rings. The van der Waals surface area contributed by atoms with Crippen LogP contribution in [0.1, 0.15) is 46.5 Å². The number of hydrogen-bond donors (Lipinski definition) is 4. The molecule has 0 saturated heterocycles. The Kier molecular flexibility index (Phi) is 5.29. The maximum atomic E-state index is 17.1. The molecule has 8 atom stereocenters. The highest BCUT2D eigenvalue weighted by atomic mass is 31.2.